The van der Waals surface area contributed by atoms with E-state index in [0.29, 0.717) is 5.69 Å². The Morgan fingerprint density at radius 3 is 2.93 bits per heavy atom. The van der Waals surface area contributed by atoms with Crippen LogP contribution < -0.4 is 0 Å². The molecule has 1 aromatic heterocycles. The van der Waals surface area contributed by atoms with Gasteiger partial charge in [-0.15, -0.1) is 11.6 Å². The van der Waals surface area contributed by atoms with E-state index >= 15 is 0 Å². The third-order valence-electron chi connectivity index (χ3n) is 1.55. The average molecular weight is 211 g/mol. The quantitative estimate of drug-likeness (QED) is 0.548. The second kappa shape index (κ2) is 4.58. The van der Waals surface area contributed by atoms with Gasteiger partial charge in [0.15, 0.2) is 0 Å². The van der Waals surface area contributed by atoms with E-state index in [2.05, 4.69) is 9.72 Å². The number of aromatic nitrogens is 1. The van der Waals surface area contributed by atoms with Crippen LogP contribution in [0.5, 0.6) is 0 Å². The van der Waals surface area contributed by atoms with Crippen LogP contribution in [-0.4, -0.2) is 18.1 Å². The van der Waals surface area contributed by atoms with Gasteiger partial charge in [-0.3, -0.25) is 0 Å². The summed E-state index contributed by atoms with van der Waals surface area (Å²) in [6, 6.07) is 4.71. The van der Waals surface area contributed by atoms with Crippen molar-refractivity contribution in [3.05, 3.63) is 29.1 Å². The van der Waals surface area contributed by atoms with E-state index in [9.17, 15) is 4.79 Å². The molecule has 0 bridgehead atoms. The molecule has 1 rings (SSSR count). The van der Waals surface area contributed by atoms with Crippen LogP contribution in [0.4, 0.5) is 0 Å². The van der Waals surface area contributed by atoms with Crippen molar-refractivity contribution in [1.29, 1.82) is 5.26 Å². The minimum Gasteiger partial charge on any atom is -0.465 e. The molecule has 0 N–H and O–H groups in total. The number of methoxy groups -OCH3 is 1. The lowest BCUT2D eigenvalue weighted by Gasteiger charge is -2.01. The van der Waals surface area contributed by atoms with Gasteiger partial charge >= 0.3 is 5.97 Å². The van der Waals surface area contributed by atoms with Crippen LogP contribution in [-0.2, 0) is 10.6 Å². The fourth-order valence-electron chi connectivity index (χ4n) is 0.949. The summed E-state index contributed by atoms with van der Waals surface area (Å²) in [5, 5.41) is 8.63. The van der Waals surface area contributed by atoms with E-state index in [1.807, 2.05) is 6.07 Å². The van der Waals surface area contributed by atoms with E-state index in [0.717, 1.165) is 0 Å². The first-order valence-corrected chi connectivity index (χ1v) is 4.30. The zero-order valence-electron chi connectivity index (χ0n) is 7.45. The summed E-state index contributed by atoms with van der Waals surface area (Å²) in [5.41, 5.74) is 0.921. The minimum absolute atomic E-state index is 0.152. The largest absolute Gasteiger partial charge is 0.465 e. The lowest BCUT2D eigenvalue weighted by molar-refractivity contribution is 0.0600. The van der Waals surface area contributed by atoms with Gasteiger partial charge in [0.1, 0.15) is 11.8 Å². The molecule has 0 amide bonds. The van der Waals surface area contributed by atoms with Crippen LogP contribution in [0.15, 0.2) is 12.1 Å². The van der Waals surface area contributed by atoms with Crippen molar-refractivity contribution >= 4 is 17.6 Å². The van der Waals surface area contributed by atoms with Crippen molar-refractivity contribution in [3.8, 4) is 6.07 Å². The number of esters is 1. The Balaban J connectivity index is 3.19. The van der Waals surface area contributed by atoms with Crippen LogP contribution in [0.1, 0.15) is 21.7 Å². The molecular weight excluding hydrogens is 204 g/mol. The van der Waals surface area contributed by atoms with E-state index in [-0.39, 0.29) is 17.1 Å². The van der Waals surface area contributed by atoms with Gasteiger partial charge in [-0.05, 0) is 12.1 Å². The first-order valence-electron chi connectivity index (χ1n) is 3.76. The number of carbonyl (C=O) groups is 1. The summed E-state index contributed by atoms with van der Waals surface area (Å²) >= 11 is 5.55. The van der Waals surface area contributed by atoms with Gasteiger partial charge in [-0.25, -0.2) is 9.78 Å². The molecule has 0 fully saturated rings. The lowest BCUT2D eigenvalue weighted by Crippen LogP contribution is -2.04. The SMILES string of the molecule is COC(=O)c1cc(C#N)nc(CCl)c1. The third-order valence-corrected chi connectivity index (χ3v) is 1.82. The minimum atomic E-state index is -0.504. The molecule has 0 aliphatic heterocycles. The summed E-state index contributed by atoms with van der Waals surface area (Å²) < 4.78 is 4.52. The van der Waals surface area contributed by atoms with Crippen molar-refractivity contribution in [1.82, 2.24) is 4.98 Å². The van der Waals surface area contributed by atoms with E-state index in [1.54, 1.807) is 0 Å². The molecule has 0 aromatic carbocycles. The molecule has 0 atom stereocenters. The molecule has 5 heteroatoms. The van der Waals surface area contributed by atoms with Crippen molar-refractivity contribution in [2.24, 2.45) is 0 Å². The van der Waals surface area contributed by atoms with Crippen LogP contribution in [0.3, 0.4) is 0 Å². The van der Waals surface area contributed by atoms with Gasteiger partial charge in [0.2, 0.25) is 0 Å². The molecule has 0 aliphatic rings. The number of pyridine rings is 1. The number of ether oxygens (including phenoxy) is 1. The zero-order valence-corrected chi connectivity index (χ0v) is 8.21. The van der Waals surface area contributed by atoms with Crippen LogP contribution in [0, 0.1) is 11.3 Å². The Labute approximate surface area is 86.1 Å². The van der Waals surface area contributed by atoms with Gasteiger partial charge in [-0.1, -0.05) is 0 Å². The molecule has 0 saturated heterocycles. The van der Waals surface area contributed by atoms with E-state index in [4.69, 9.17) is 16.9 Å². The molecule has 0 radical (unpaired) electrons. The number of rotatable bonds is 2. The summed E-state index contributed by atoms with van der Waals surface area (Å²) in [4.78, 5) is 15.0. The number of hydrogen-bond donors (Lipinski definition) is 0. The van der Waals surface area contributed by atoms with Gasteiger partial charge in [0, 0.05) is 0 Å². The van der Waals surface area contributed by atoms with E-state index in [1.165, 1.54) is 19.2 Å². The maximum absolute atomic E-state index is 11.1. The van der Waals surface area contributed by atoms with Crippen molar-refractivity contribution < 1.29 is 9.53 Å². The smallest absolute Gasteiger partial charge is 0.338 e. The number of nitrogens with zero attached hydrogens (tertiary/aromatic N) is 2. The highest BCUT2D eigenvalue weighted by Gasteiger charge is 2.09. The number of carbonyl (C=O) groups excluding carboxylic acids is 1. The predicted molar refractivity (Wildman–Crippen MR) is 49.8 cm³/mol. The molecule has 14 heavy (non-hydrogen) atoms. The Morgan fingerprint density at radius 2 is 2.43 bits per heavy atom. The van der Waals surface area contributed by atoms with Crippen LogP contribution in [0.25, 0.3) is 0 Å². The van der Waals surface area contributed by atoms with Gasteiger partial charge in [0.05, 0.1) is 24.2 Å². The molecular formula is C9H7ClN2O2. The zero-order chi connectivity index (χ0) is 10.6. The predicted octanol–water partition coefficient (Wildman–Crippen LogP) is 1.48. The average Bonchev–Trinajstić information content (AvgIpc) is 2.27. The molecule has 0 spiro atoms. The lowest BCUT2D eigenvalue weighted by atomic mass is 10.2. The van der Waals surface area contributed by atoms with Crippen LogP contribution >= 0.6 is 11.6 Å². The second-order valence-corrected chi connectivity index (χ2v) is 2.74. The normalized spacial score (nSPS) is 9.21. The molecule has 1 heterocycles. The fraction of sp³-hybridized carbons (Fsp3) is 0.222. The summed E-state index contributed by atoms with van der Waals surface area (Å²) in [7, 11) is 1.27. The Morgan fingerprint density at radius 1 is 1.71 bits per heavy atom. The molecule has 0 aliphatic carbocycles. The number of hydrogen-bond acceptors (Lipinski definition) is 4. The van der Waals surface area contributed by atoms with E-state index < -0.39 is 5.97 Å². The highest BCUT2D eigenvalue weighted by molar-refractivity contribution is 6.16. The highest BCUT2D eigenvalue weighted by atomic mass is 35.5. The maximum Gasteiger partial charge on any atom is 0.338 e. The van der Waals surface area contributed by atoms with Crippen molar-refractivity contribution in [2.75, 3.05) is 7.11 Å². The standard InChI is InChI=1S/C9H7ClN2O2/c1-14-9(13)6-2-7(4-10)12-8(3-6)5-11/h2-3H,4H2,1H3. The Hall–Kier alpha value is -1.60. The monoisotopic (exact) mass is 210 g/mol. The second-order valence-electron chi connectivity index (χ2n) is 2.47. The first-order chi connectivity index (χ1) is 6.71. The topological polar surface area (TPSA) is 63.0 Å². The maximum atomic E-state index is 11.1. The molecule has 0 unspecified atom stereocenters. The third kappa shape index (κ3) is 2.21. The van der Waals surface area contributed by atoms with Gasteiger partial charge in [-0.2, -0.15) is 5.26 Å². The Bertz CT molecular complexity index is 398. The summed E-state index contributed by atoms with van der Waals surface area (Å²) in [5.74, 6) is -0.352. The molecule has 4 nitrogen and oxygen atoms in total. The first kappa shape index (κ1) is 10.5. The number of alkyl halides is 1. The van der Waals surface area contributed by atoms with Gasteiger partial charge in [0.25, 0.3) is 0 Å². The highest BCUT2D eigenvalue weighted by Crippen LogP contribution is 2.08. The Kier molecular flexibility index (Phi) is 3.43. The molecule has 72 valence electrons. The number of nitriles is 1. The van der Waals surface area contributed by atoms with Crippen molar-refractivity contribution in [2.45, 2.75) is 5.88 Å². The van der Waals surface area contributed by atoms with Gasteiger partial charge < -0.3 is 4.74 Å². The molecule has 0 saturated carbocycles. The van der Waals surface area contributed by atoms with Crippen molar-refractivity contribution in [3.63, 3.8) is 0 Å². The summed E-state index contributed by atoms with van der Waals surface area (Å²) in [6.07, 6.45) is 0. The molecule has 1 aromatic rings. The van der Waals surface area contributed by atoms with Crippen LogP contribution in [0.2, 0.25) is 0 Å². The number of halogens is 1. The fourth-order valence-corrected chi connectivity index (χ4v) is 1.09. The summed E-state index contributed by atoms with van der Waals surface area (Å²) in [6.45, 7) is 0.